The van der Waals surface area contributed by atoms with Crippen LogP contribution in [0.15, 0.2) is 52.7 Å². The largest absolute Gasteiger partial charge is 0.479 e. The Labute approximate surface area is 242 Å². The van der Waals surface area contributed by atoms with Crippen LogP contribution in [0.4, 0.5) is 0 Å². The van der Waals surface area contributed by atoms with Crippen molar-refractivity contribution in [3.05, 3.63) is 59.9 Å². The SMILES string of the molecule is COC1CC(C)CCc2nc(co2)/C(C)=C/[C@H](O)[C@@H](C)/C=C/C(=O)O[C@H](/C=C(\C)C/C=C\C[C@](C)(O)C(=O)O)[C@H]1O. The highest BCUT2D eigenvalue weighted by molar-refractivity contribution is 5.82. The average molecular weight is 576 g/mol. The number of methoxy groups -OCH3 is 1. The zero-order valence-corrected chi connectivity index (χ0v) is 24.8. The molecule has 7 atom stereocenters. The van der Waals surface area contributed by atoms with Crippen LogP contribution in [-0.4, -0.2) is 74.5 Å². The summed E-state index contributed by atoms with van der Waals surface area (Å²) in [6, 6.07) is 0. The van der Waals surface area contributed by atoms with Crippen LogP contribution in [-0.2, 0) is 25.5 Å². The molecule has 1 aromatic rings. The maximum Gasteiger partial charge on any atom is 0.335 e. The molecule has 228 valence electrons. The van der Waals surface area contributed by atoms with Gasteiger partial charge in [-0.15, -0.1) is 0 Å². The topological polar surface area (TPSA) is 160 Å². The molecule has 10 heteroatoms. The fraction of sp³-hybridized carbons (Fsp3) is 0.581. The molecule has 1 aliphatic rings. The van der Waals surface area contributed by atoms with E-state index in [4.69, 9.17) is 19.0 Å². The number of aromatic nitrogens is 1. The minimum atomic E-state index is -1.87. The van der Waals surface area contributed by atoms with Gasteiger partial charge in [0.25, 0.3) is 0 Å². The molecule has 2 rings (SSSR count). The number of hydrogen-bond acceptors (Lipinski definition) is 9. The van der Waals surface area contributed by atoms with E-state index in [0.717, 1.165) is 17.6 Å². The van der Waals surface area contributed by atoms with E-state index in [1.165, 1.54) is 20.1 Å². The summed E-state index contributed by atoms with van der Waals surface area (Å²) in [5.41, 5.74) is 0.282. The van der Waals surface area contributed by atoms with Crippen molar-refractivity contribution in [1.82, 2.24) is 4.98 Å². The summed E-state index contributed by atoms with van der Waals surface area (Å²) in [5.74, 6) is -1.71. The van der Waals surface area contributed by atoms with E-state index >= 15 is 0 Å². The second-order valence-corrected chi connectivity index (χ2v) is 11.2. The molecule has 0 aliphatic carbocycles. The quantitative estimate of drug-likeness (QED) is 0.276. The van der Waals surface area contributed by atoms with Crippen molar-refractivity contribution < 1.29 is 43.9 Å². The summed E-state index contributed by atoms with van der Waals surface area (Å²) in [7, 11) is 1.50. The second-order valence-electron chi connectivity index (χ2n) is 11.2. The van der Waals surface area contributed by atoms with Crippen LogP contribution >= 0.6 is 0 Å². The third kappa shape index (κ3) is 11.0. The number of esters is 1. The Kier molecular flexibility index (Phi) is 13.2. The van der Waals surface area contributed by atoms with E-state index in [0.29, 0.717) is 30.8 Å². The van der Waals surface area contributed by atoms with Crippen LogP contribution < -0.4 is 0 Å². The number of cyclic esters (lactones) is 1. The van der Waals surface area contributed by atoms with Crippen LogP contribution in [0.25, 0.3) is 5.57 Å². The average Bonchev–Trinajstić information content (AvgIpc) is 3.39. The van der Waals surface area contributed by atoms with Gasteiger partial charge in [0, 0.05) is 31.9 Å². The number of carboxylic acid groups (broad SMARTS) is 1. The molecule has 1 aliphatic heterocycles. The van der Waals surface area contributed by atoms with Crippen molar-refractivity contribution >= 4 is 17.5 Å². The third-order valence-corrected chi connectivity index (χ3v) is 7.24. The predicted molar refractivity (Wildman–Crippen MR) is 154 cm³/mol. The standard InChI is InChI=1S/C31H45NO9/c1-19(9-7-8-14-31(5,38)30(36)37)16-26-29(35)25(39-6)15-20(2)10-12-27-32-23(18-40-27)22(4)17-24(33)21(3)11-13-28(34)41-26/h7-8,11,13,16-18,20-21,24-26,29,33,35,38H,9-10,12,14-15H2,1-6H3,(H,36,37)/b8-7-,13-11+,19-16+,22-17+/t20?,21-,24-,25?,26+,29-,31-/m0/s1. The molecule has 0 spiro atoms. The fourth-order valence-corrected chi connectivity index (χ4v) is 4.31. The Morgan fingerprint density at radius 3 is 2.63 bits per heavy atom. The highest BCUT2D eigenvalue weighted by Gasteiger charge is 2.31. The van der Waals surface area contributed by atoms with Gasteiger partial charge in [0.05, 0.1) is 12.2 Å². The minimum Gasteiger partial charge on any atom is -0.479 e. The van der Waals surface area contributed by atoms with E-state index in [1.807, 2.05) is 13.8 Å². The molecular weight excluding hydrogens is 530 g/mol. The number of aliphatic carboxylic acids is 1. The number of nitrogens with zero attached hydrogens (tertiary/aromatic N) is 1. The van der Waals surface area contributed by atoms with Gasteiger partial charge in [-0.25, -0.2) is 14.6 Å². The van der Waals surface area contributed by atoms with Gasteiger partial charge in [0.15, 0.2) is 11.5 Å². The molecule has 10 nitrogen and oxygen atoms in total. The summed E-state index contributed by atoms with van der Waals surface area (Å²) >= 11 is 0. The summed E-state index contributed by atoms with van der Waals surface area (Å²) in [4.78, 5) is 28.4. The van der Waals surface area contributed by atoms with Gasteiger partial charge in [-0.1, -0.05) is 43.7 Å². The van der Waals surface area contributed by atoms with Crippen LogP contribution in [0.3, 0.4) is 0 Å². The number of aryl methyl sites for hydroxylation is 1. The number of allylic oxidation sites excluding steroid dienone is 3. The Hall–Kier alpha value is -3.05. The zero-order chi connectivity index (χ0) is 30.7. The van der Waals surface area contributed by atoms with Crippen LogP contribution in [0.2, 0.25) is 0 Å². The molecule has 0 radical (unpaired) electrons. The summed E-state index contributed by atoms with van der Waals surface area (Å²) in [6.45, 7) is 8.65. The van der Waals surface area contributed by atoms with Gasteiger partial charge in [0.1, 0.15) is 24.2 Å². The van der Waals surface area contributed by atoms with Crippen LogP contribution in [0.1, 0.15) is 71.9 Å². The lowest BCUT2D eigenvalue weighted by molar-refractivity contribution is -0.156. The molecule has 4 N–H and O–H groups in total. The minimum absolute atomic E-state index is 0.0708. The Morgan fingerprint density at radius 1 is 1.27 bits per heavy atom. The Balaban J connectivity index is 2.31. The van der Waals surface area contributed by atoms with E-state index in [1.54, 1.807) is 50.5 Å². The molecular formula is C31H45NO9. The number of hydrogen-bond donors (Lipinski definition) is 4. The molecule has 0 aromatic carbocycles. The number of carbonyl (C=O) groups excluding carboxylic acids is 1. The van der Waals surface area contributed by atoms with Gasteiger partial charge in [-0.2, -0.15) is 0 Å². The van der Waals surface area contributed by atoms with Crippen molar-refractivity contribution in [1.29, 1.82) is 0 Å². The number of fused-ring (bicyclic) bond motifs is 2. The van der Waals surface area contributed by atoms with E-state index < -0.39 is 47.9 Å². The summed E-state index contributed by atoms with van der Waals surface area (Å²) in [6.07, 6.45) is 9.32. The van der Waals surface area contributed by atoms with Crippen molar-refractivity contribution in [2.24, 2.45) is 11.8 Å². The smallest absolute Gasteiger partial charge is 0.335 e. The Morgan fingerprint density at radius 2 is 1.98 bits per heavy atom. The lowest BCUT2D eigenvalue weighted by Crippen LogP contribution is -2.41. The molecule has 2 bridgehead atoms. The molecule has 41 heavy (non-hydrogen) atoms. The fourth-order valence-electron chi connectivity index (χ4n) is 4.31. The molecule has 2 heterocycles. The normalized spacial score (nSPS) is 30.9. The number of carbonyl (C=O) groups is 2. The number of rotatable bonds is 7. The van der Waals surface area contributed by atoms with E-state index in [2.05, 4.69) is 4.98 Å². The van der Waals surface area contributed by atoms with Gasteiger partial charge in [-0.3, -0.25) is 0 Å². The van der Waals surface area contributed by atoms with Crippen molar-refractivity contribution in [3.8, 4) is 0 Å². The van der Waals surface area contributed by atoms with Crippen LogP contribution in [0, 0.1) is 11.8 Å². The van der Waals surface area contributed by atoms with E-state index in [9.17, 15) is 24.9 Å². The monoisotopic (exact) mass is 575 g/mol. The number of oxazole rings is 1. The molecule has 0 amide bonds. The number of aliphatic hydroxyl groups is 3. The first-order valence-corrected chi connectivity index (χ1v) is 13.9. The first-order chi connectivity index (χ1) is 19.2. The van der Waals surface area contributed by atoms with Crippen LogP contribution in [0.5, 0.6) is 0 Å². The van der Waals surface area contributed by atoms with Gasteiger partial charge < -0.3 is 34.3 Å². The zero-order valence-electron chi connectivity index (χ0n) is 24.8. The van der Waals surface area contributed by atoms with Gasteiger partial charge >= 0.3 is 11.9 Å². The number of carboxylic acids is 1. The highest BCUT2D eigenvalue weighted by Crippen LogP contribution is 2.24. The highest BCUT2D eigenvalue weighted by atomic mass is 16.6. The molecule has 1 aromatic heterocycles. The summed E-state index contributed by atoms with van der Waals surface area (Å²) in [5, 5.41) is 40.8. The lowest BCUT2D eigenvalue weighted by atomic mass is 9.93. The lowest BCUT2D eigenvalue weighted by Gasteiger charge is -2.29. The first-order valence-electron chi connectivity index (χ1n) is 13.9. The predicted octanol–water partition coefficient (Wildman–Crippen LogP) is 4.01. The third-order valence-electron chi connectivity index (χ3n) is 7.24. The maximum atomic E-state index is 12.8. The Bertz CT molecular complexity index is 1130. The van der Waals surface area contributed by atoms with Crippen molar-refractivity contribution in [2.45, 2.75) is 96.7 Å². The molecule has 0 saturated carbocycles. The molecule has 2 unspecified atom stereocenters. The van der Waals surface area contributed by atoms with Gasteiger partial charge in [0.2, 0.25) is 0 Å². The first kappa shape index (κ1) is 34.2. The van der Waals surface area contributed by atoms with Crippen molar-refractivity contribution in [3.63, 3.8) is 0 Å². The second kappa shape index (κ2) is 15.8. The number of aliphatic hydroxyl groups excluding tert-OH is 2. The molecule has 0 fully saturated rings. The summed E-state index contributed by atoms with van der Waals surface area (Å²) < 4.78 is 16.9. The number of ether oxygens (including phenoxy) is 2. The van der Waals surface area contributed by atoms with Crippen molar-refractivity contribution in [2.75, 3.05) is 7.11 Å². The van der Waals surface area contributed by atoms with E-state index in [-0.39, 0.29) is 12.3 Å². The van der Waals surface area contributed by atoms with Gasteiger partial charge in [-0.05, 0) is 57.6 Å². The molecule has 0 saturated heterocycles. The maximum absolute atomic E-state index is 12.8.